The monoisotopic (exact) mass is 1000 g/mol. The summed E-state index contributed by atoms with van der Waals surface area (Å²) in [6.07, 6.45) is 0. The zero-order chi connectivity index (χ0) is 38.7. The maximum absolute atomic E-state index is 2.23. The van der Waals surface area contributed by atoms with E-state index in [1.54, 1.807) is 0 Å². The third-order valence-electron chi connectivity index (χ3n) is 9.13. The second kappa shape index (κ2) is 26.8. The van der Waals surface area contributed by atoms with Crippen LogP contribution in [-0.2, 0) is 16.5 Å². The molecule has 9 aromatic rings. The van der Waals surface area contributed by atoms with Crippen molar-refractivity contribution in [3.05, 3.63) is 273 Å². The summed E-state index contributed by atoms with van der Waals surface area (Å²) in [4.78, 5) is 0. The average Bonchev–Trinajstić information content (AvgIpc) is 3.30. The van der Waals surface area contributed by atoms with Crippen LogP contribution in [0.1, 0.15) is 0 Å². The van der Waals surface area contributed by atoms with Crippen molar-refractivity contribution in [3.63, 3.8) is 0 Å². The molecular formula is C54H45Br2NiP3. The Kier molecular flexibility index (Phi) is 21.6. The van der Waals surface area contributed by atoms with Crippen molar-refractivity contribution in [1.82, 2.24) is 0 Å². The second-order valence-corrected chi connectivity index (χ2v) is 19.7. The fourth-order valence-corrected chi connectivity index (χ4v) is 13.5. The van der Waals surface area contributed by atoms with Crippen molar-refractivity contribution in [2.75, 3.05) is 0 Å². The van der Waals surface area contributed by atoms with Gasteiger partial charge < -0.3 is 34.0 Å². The van der Waals surface area contributed by atoms with Crippen molar-refractivity contribution in [2.24, 2.45) is 0 Å². The largest absolute Gasteiger partial charge is 2.00 e. The quantitative estimate of drug-likeness (QED) is 0.149. The molecule has 0 radical (unpaired) electrons. The molecule has 0 fully saturated rings. The van der Waals surface area contributed by atoms with Crippen molar-refractivity contribution >= 4 is 71.5 Å². The Morgan fingerprint density at radius 3 is 0.317 bits per heavy atom. The van der Waals surface area contributed by atoms with Gasteiger partial charge in [0.25, 0.3) is 0 Å². The Hall–Kier alpha value is -4.28. The molecule has 300 valence electrons. The van der Waals surface area contributed by atoms with Crippen LogP contribution in [0.2, 0.25) is 0 Å². The molecular weight excluding hydrogens is 960 g/mol. The van der Waals surface area contributed by atoms with Gasteiger partial charge in [0.15, 0.2) is 0 Å². The fraction of sp³-hybridized carbons (Fsp3) is 0. The first-order valence-electron chi connectivity index (χ1n) is 19.2. The van der Waals surface area contributed by atoms with Crippen molar-refractivity contribution in [1.29, 1.82) is 0 Å². The average molecular weight is 1010 g/mol. The summed E-state index contributed by atoms with van der Waals surface area (Å²) in [6.45, 7) is 0. The zero-order valence-electron chi connectivity index (χ0n) is 32.9. The minimum atomic E-state index is -0.446. The third kappa shape index (κ3) is 13.9. The number of hydrogen-bond donors (Lipinski definition) is 0. The van der Waals surface area contributed by atoms with Gasteiger partial charge in [-0.25, -0.2) is 0 Å². The maximum atomic E-state index is 2.23. The Bertz CT molecular complexity index is 1870. The molecule has 0 aliphatic heterocycles. The Balaban J connectivity index is 0.000000194. The number of rotatable bonds is 9. The molecule has 0 saturated heterocycles. The maximum Gasteiger partial charge on any atom is 2.00 e. The molecule has 0 saturated carbocycles. The minimum absolute atomic E-state index is 0. The molecule has 6 heteroatoms. The van der Waals surface area contributed by atoms with Gasteiger partial charge >= 0.3 is 16.5 Å². The summed E-state index contributed by atoms with van der Waals surface area (Å²) < 4.78 is 0. The van der Waals surface area contributed by atoms with Crippen molar-refractivity contribution < 1.29 is 50.5 Å². The first-order valence-corrected chi connectivity index (χ1v) is 23.2. The molecule has 0 aromatic heterocycles. The van der Waals surface area contributed by atoms with E-state index in [1.807, 2.05) is 0 Å². The Morgan fingerprint density at radius 1 is 0.150 bits per heavy atom. The van der Waals surface area contributed by atoms with Gasteiger partial charge in [-0.05, 0) is 71.5 Å². The van der Waals surface area contributed by atoms with E-state index in [-0.39, 0.29) is 50.5 Å². The van der Waals surface area contributed by atoms with Gasteiger partial charge in [-0.2, -0.15) is 0 Å². The molecule has 0 unspecified atom stereocenters. The minimum Gasteiger partial charge on any atom is -1.00 e. The van der Waals surface area contributed by atoms with Crippen LogP contribution in [0.5, 0.6) is 0 Å². The van der Waals surface area contributed by atoms with Crippen LogP contribution in [0.15, 0.2) is 273 Å². The summed E-state index contributed by atoms with van der Waals surface area (Å²) in [5.41, 5.74) is 0. The molecule has 60 heavy (non-hydrogen) atoms. The van der Waals surface area contributed by atoms with E-state index in [1.165, 1.54) is 47.7 Å². The van der Waals surface area contributed by atoms with Crippen molar-refractivity contribution in [2.45, 2.75) is 0 Å². The van der Waals surface area contributed by atoms with Gasteiger partial charge in [-0.15, -0.1) is 0 Å². The van der Waals surface area contributed by atoms with Crippen LogP contribution in [-0.4, -0.2) is 0 Å². The normalized spacial score (nSPS) is 10.1. The standard InChI is InChI=1S/3C18H15P.2BrH.Ni/c3*1-4-10-16(11-5-1)19(17-12-6-2-7-13-17)18-14-8-3-9-15-18;;;/h3*1-15H;2*1H;/q;;;;;+2/p-2. The van der Waals surface area contributed by atoms with Crippen LogP contribution < -0.4 is 81.7 Å². The second-order valence-electron chi connectivity index (χ2n) is 13.0. The van der Waals surface area contributed by atoms with Gasteiger partial charge in [-0.1, -0.05) is 273 Å². The van der Waals surface area contributed by atoms with Gasteiger partial charge in [-0.3, -0.25) is 0 Å². The zero-order valence-corrected chi connectivity index (χ0v) is 39.7. The van der Waals surface area contributed by atoms with E-state index < -0.39 is 23.8 Å². The van der Waals surface area contributed by atoms with Gasteiger partial charge in [0, 0.05) is 0 Å². The summed E-state index contributed by atoms with van der Waals surface area (Å²) in [6, 6.07) is 97.0. The predicted octanol–water partition coefficient (Wildman–Crippen LogP) is 4.34. The summed E-state index contributed by atoms with van der Waals surface area (Å²) >= 11 is 0. The van der Waals surface area contributed by atoms with E-state index in [0.29, 0.717) is 0 Å². The molecule has 0 N–H and O–H groups in total. The predicted molar refractivity (Wildman–Crippen MR) is 255 cm³/mol. The summed E-state index contributed by atoms with van der Waals surface area (Å²) in [7, 11) is -1.34. The molecule has 0 spiro atoms. The van der Waals surface area contributed by atoms with Gasteiger partial charge in [0.2, 0.25) is 0 Å². The fourth-order valence-electron chi connectivity index (χ4n) is 6.54. The molecule has 0 aliphatic rings. The molecule has 9 aromatic carbocycles. The number of hydrogen-bond acceptors (Lipinski definition) is 0. The molecule has 0 amide bonds. The van der Waals surface area contributed by atoms with Crippen LogP contribution in [0.25, 0.3) is 0 Å². The van der Waals surface area contributed by atoms with E-state index >= 15 is 0 Å². The smallest absolute Gasteiger partial charge is 1.00 e. The van der Waals surface area contributed by atoms with Crippen LogP contribution in [0.4, 0.5) is 0 Å². The van der Waals surface area contributed by atoms with E-state index in [2.05, 4.69) is 273 Å². The number of halogens is 2. The van der Waals surface area contributed by atoms with Crippen molar-refractivity contribution in [3.8, 4) is 0 Å². The Morgan fingerprint density at radius 2 is 0.233 bits per heavy atom. The number of benzene rings is 9. The van der Waals surface area contributed by atoms with Crippen LogP contribution >= 0.6 is 23.8 Å². The molecule has 0 atom stereocenters. The summed E-state index contributed by atoms with van der Waals surface area (Å²) in [5.74, 6) is 0. The van der Waals surface area contributed by atoms with E-state index in [0.717, 1.165) is 0 Å². The molecule has 0 bridgehead atoms. The van der Waals surface area contributed by atoms with Gasteiger partial charge in [0.05, 0.1) is 0 Å². The molecule has 0 nitrogen and oxygen atoms in total. The molecule has 0 aliphatic carbocycles. The first-order chi connectivity index (χ1) is 28.3. The first kappa shape index (κ1) is 48.4. The molecule has 9 rings (SSSR count). The van der Waals surface area contributed by atoms with Gasteiger partial charge in [0.1, 0.15) is 0 Å². The van der Waals surface area contributed by atoms with E-state index in [9.17, 15) is 0 Å². The SMILES string of the molecule is [Br-].[Br-].[Ni+2].c1ccc(P(c2ccccc2)c2ccccc2)cc1.c1ccc(P(c2ccccc2)c2ccccc2)cc1.c1ccc(P(c2ccccc2)c2ccccc2)cc1. The summed E-state index contributed by atoms with van der Waals surface area (Å²) in [5, 5.41) is 12.6. The molecule has 0 heterocycles. The van der Waals surface area contributed by atoms with Crippen LogP contribution in [0.3, 0.4) is 0 Å². The Labute approximate surface area is 391 Å². The third-order valence-corrected chi connectivity index (χ3v) is 16.5. The van der Waals surface area contributed by atoms with E-state index in [4.69, 9.17) is 0 Å². The van der Waals surface area contributed by atoms with Crippen LogP contribution in [0, 0.1) is 0 Å². The topological polar surface area (TPSA) is 0 Å².